The molecule has 0 spiro atoms. The molecule has 0 aliphatic carbocycles. The van der Waals surface area contributed by atoms with Crippen LogP contribution in [0.4, 0.5) is 16.4 Å². The lowest BCUT2D eigenvalue weighted by Gasteiger charge is -2.19. The Morgan fingerprint density at radius 1 is 1.26 bits per heavy atom. The van der Waals surface area contributed by atoms with E-state index in [1.165, 1.54) is 12.1 Å². The van der Waals surface area contributed by atoms with Crippen molar-refractivity contribution in [2.45, 2.75) is 12.8 Å². The fourth-order valence-electron chi connectivity index (χ4n) is 2.64. The monoisotopic (exact) mass is 389 g/mol. The predicted octanol–water partition coefficient (Wildman–Crippen LogP) is 2.58. The minimum atomic E-state index is -0.814. The van der Waals surface area contributed by atoms with Gasteiger partial charge in [-0.25, -0.2) is 4.79 Å². The van der Waals surface area contributed by atoms with Gasteiger partial charge in [-0.05, 0) is 24.6 Å². The van der Waals surface area contributed by atoms with Gasteiger partial charge in [0.05, 0.1) is 16.3 Å². The van der Waals surface area contributed by atoms with Crippen molar-refractivity contribution < 1.29 is 24.0 Å². The molecule has 1 aromatic heterocycles. The number of nitro groups is 1. The molecule has 10 heteroatoms. The summed E-state index contributed by atoms with van der Waals surface area (Å²) in [5.74, 6) is -1.40. The first-order valence-electron chi connectivity index (χ1n) is 8.06. The van der Waals surface area contributed by atoms with E-state index in [-0.39, 0.29) is 15.8 Å². The molecule has 9 nitrogen and oxygen atoms in total. The van der Waals surface area contributed by atoms with Gasteiger partial charge in [0.2, 0.25) is 5.91 Å². The van der Waals surface area contributed by atoms with Crippen molar-refractivity contribution in [2.24, 2.45) is 0 Å². The molecule has 1 aromatic carbocycles. The van der Waals surface area contributed by atoms with Crippen molar-refractivity contribution in [1.29, 1.82) is 0 Å². The number of amides is 2. The molecule has 0 bridgehead atoms. The van der Waals surface area contributed by atoms with Crippen molar-refractivity contribution in [2.75, 3.05) is 23.4 Å². The first-order chi connectivity index (χ1) is 13.0. The molecule has 2 heterocycles. The number of hydrogen-bond donors (Lipinski definition) is 1. The number of carbonyl (C=O) groups excluding carboxylic acids is 3. The van der Waals surface area contributed by atoms with Gasteiger partial charge in [0.25, 0.3) is 5.91 Å². The van der Waals surface area contributed by atoms with Crippen LogP contribution < -0.4 is 10.2 Å². The SMILES string of the molecule is O=C(COC(=O)c1ccc([N+](=O)[O-])s1)Nc1ccccc1N1CCCC1=O. The van der Waals surface area contributed by atoms with Gasteiger partial charge in [0, 0.05) is 19.0 Å². The number of rotatable bonds is 6. The molecule has 27 heavy (non-hydrogen) atoms. The number of anilines is 2. The van der Waals surface area contributed by atoms with Crippen LogP contribution in [0.25, 0.3) is 0 Å². The Kier molecular flexibility index (Phi) is 5.46. The lowest BCUT2D eigenvalue weighted by molar-refractivity contribution is -0.380. The van der Waals surface area contributed by atoms with Gasteiger partial charge in [-0.3, -0.25) is 19.7 Å². The normalized spacial score (nSPS) is 13.5. The summed E-state index contributed by atoms with van der Waals surface area (Å²) in [5, 5.41) is 13.1. The highest BCUT2D eigenvalue weighted by Gasteiger charge is 2.24. The molecule has 2 amide bonds. The van der Waals surface area contributed by atoms with Crippen LogP contribution in [0.15, 0.2) is 36.4 Å². The van der Waals surface area contributed by atoms with Crippen LogP contribution in [-0.4, -0.2) is 35.9 Å². The molecule has 0 radical (unpaired) electrons. The summed E-state index contributed by atoms with van der Waals surface area (Å²) >= 11 is 0.675. The van der Waals surface area contributed by atoms with Gasteiger partial charge < -0.3 is 15.0 Å². The highest BCUT2D eigenvalue weighted by Crippen LogP contribution is 2.29. The Labute approximate surface area is 157 Å². The standard InChI is InChI=1S/C17H15N3O6S/c21-14(10-26-17(23)13-7-8-16(27-13)20(24)25)18-11-4-1-2-5-12(11)19-9-3-6-15(19)22/h1-2,4-5,7-8H,3,6,9-10H2,(H,18,21). The quantitative estimate of drug-likeness (QED) is 0.461. The summed E-state index contributed by atoms with van der Waals surface area (Å²) in [6.07, 6.45) is 1.22. The van der Waals surface area contributed by atoms with Gasteiger partial charge in [-0.15, -0.1) is 0 Å². The number of nitrogens with one attached hydrogen (secondary N) is 1. The van der Waals surface area contributed by atoms with Gasteiger partial charge in [0.1, 0.15) is 4.88 Å². The van der Waals surface area contributed by atoms with Crippen molar-refractivity contribution >= 4 is 45.5 Å². The average molecular weight is 389 g/mol. The van der Waals surface area contributed by atoms with Gasteiger partial charge in [-0.1, -0.05) is 23.5 Å². The lowest BCUT2D eigenvalue weighted by Crippen LogP contribution is -2.26. The first-order valence-corrected chi connectivity index (χ1v) is 8.88. The third kappa shape index (κ3) is 4.29. The molecule has 1 N–H and O–H groups in total. The number of hydrogen-bond acceptors (Lipinski definition) is 7. The first kappa shape index (κ1) is 18.5. The Morgan fingerprint density at radius 2 is 2.04 bits per heavy atom. The second kappa shape index (κ2) is 7.96. The minimum Gasteiger partial charge on any atom is -0.451 e. The van der Waals surface area contributed by atoms with Gasteiger partial charge >= 0.3 is 11.0 Å². The maximum absolute atomic E-state index is 12.1. The number of benzene rings is 1. The van der Waals surface area contributed by atoms with Crippen molar-refractivity contribution in [3.63, 3.8) is 0 Å². The lowest BCUT2D eigenvalue weighted by atomic mass is 10.2. The molecule has 0 saturated carbocycles. The van der Waals surface area contributed by atoms with Crippen LogP contribution in [0.3, 0.4) is 0 Å². The maximum atomic E-state index is 12.1. The number of carbonyl (C=O) groups is 3. The van der Waals surface area contributed by atoms with Crippen LogP contribution in [0.1, 0.15) is 22.5 Å². The van der Waals surface area contributed by atoms with E-state index in [2.05, 4.69) is 5.32 Å². The Morgan fingerprint density at radius 3 is 2.70 bits per heavy atom. The molecule has 1 aliphatic heterocycles. The second-order valence-corrected chi connectivity index (χ2v) is 6.75. The number of ether oxygens (including phenoxy) is 1. The van der Waals surface area contributed by atoms with Gasteiger partial charge in [0.15, 0.2) is 6.61 Å². The van der Waals surface area contributed by atoms with E-state index in [9.17, 15) is 24.5 Å². The van der Waals surface area contributed by atoms with E-state index in [1.54, 1.807) is 29.2 Å². The zero-order valence-electron chi connectivity index (χ0n) is 14.0. The van der Waals surface area contributed by atoms with Crippen molar-refractivity contribution in [1.82, 2.24) is 0 Å². The highest BCUT2D eigenvalue weighted by molar-refractivity contribution is 7.17. The summed E-state index contributed by atoms with van der Waals surface area (Å²) in [4.78, 5) is 47.6. The molecule has 140 valence electrons. The van der Waals surface area contributed by atoms with E-state index < -0.39 is 23.4 Å². The smallest absolute Gasteiger partial charge is 0.349 e. The molecule has 3 rings (SSSR count). The zero-order chi connectivity index (χ0) is 19.4. The third-order valence-electron chi connectivity index (χ3n) is 3.85. The highest BCUT2D eigenvalue weighted by atomic mass is 32.1. The van der Waals surface area contributed by atoms with E-state index >= 15 is 0 Å². The van der Waals surface area contributed by atoms with Crippen LogP contribution in [0.2, 0.25) is 0 Å². The van der Waals surface area contributed by atoms with Crippen LogP contribution in [0.5, 0.6) is 0 Å². The maximum Gasteiger partial charge on any atom is 0.349 e. The fraction of sp³-hybridized carbons (Fsp3) is 0.235. The molecule has 2 aromatic rings. The molecular formula is C17H15N3O6S. The van der Waals surface area contributed by atoms with E-state index in [1.807, 2.05) is 0 Å². The van der Waals surface area contributed by atoms with Crippen molar-refractivity contribution in [3.8, 4) is 0 Å². The number of thiophene rings is 1. The Balaban J connectivity index is 1.60. The predicted molar refractivity (Wildman–Crippen MR) is 97.9 cm³/mol. The molecule has 1 aliphatic rings. The number of esters is 1. The second-order valence-electron chi connectivity index (χ2n) is 5.69. The summed E-state index contributed by atoms with van der Waals surface area (Å²) in [6.45, 7) is 0.0324. The minimum absolute atomic E-state index is 0.0117. The Hall–Kier alpha value is -3.27. The largest absolute Gasteiger partial charge is 0.451 e. The third-order valence-corrected chi connectivity index (χ3v) is 4.87. The van der Waals surface area contributed by atoms with E-state index in [0.29, 0.717) is 35.7 Å². The van der Waals surface area contributed by atoms with Crippen LogP contribution >= 0.6 is 11.3 Å². The van der Waals surface area contributed by atoms with Crippen molar-refractivity contribution in [3.05, 3.63) is 51.4 Å². The zero-order valence-corrected chi connectivity index (χ0v) is 14.9. The number of para-hydroxylation sites is 2. The molecule has 1 saturated heterocycles. The van der Waals surface area contributed by atoms with Crippen LogP contribution in [-0.2, 0) is 14.3 Å². The summed E-state index contributed by atoms with van der Waals surface area (Å²) in [6, 6.07) is 9.34. The molecule has 1 fully saturated rings. The molecule has 0 atom stereocenters. The average Bonchev–Trinajstić information content (AvgIpc) is 3.29. The van der Waals surface area contributed by atoms with E-state index in [0.717, 1.165) is 6.42 Å². The molecular weight excluding hydrogens is 374 g/mol. The van der Waals surface area contributed by atoms with E-state index in [4.69, 9.17) is 4.74 Å². The summed E-state index contributed by atoms with van der Waals surface area (Å²) in [5.41, 5.74) is 1.04. The fourth-order valence-corrected chi connectivity index (χ4v) is 3.36. The van der Waals surface area contributed by atoms with Gasteiger partial charge in [-0.2, -0.15) is 0 Å². The van der Waals surface area contributed by atoms with Crippen LogP contribution in [0, 0.1) is 10.1 Å². The number of nitrogens with zero attached hydrogens (tertiary/aromatic N) is 2. The molecule has 0 unspecified atom stereocenters. The Bertz CT molecular complexity index is 910. The topological polar surface area (TPSA) is 119 Å². The summed E-state index contributed by atoms with van der Waals surface area (Å²) < 4.78 is 4.90. The summed E-state index contributed by atoms with van der Waals surface area (Å²) in [7, 11) is 0.